The number of rotatable bonds is 5. The Morgan fingerprint density at radius 3 is 3.18 bits per heavy atom. The Morgan fingerprint density at radius 1 is 1.65 bits per heavy atom. The third-order valence-corrected chi connectivity index (χ3v) is 3.49. The molecule has 5 heteroatoms. The molecule has 1 unspecified atom stereocenters. The van der Waals surface area contributed by atoms with Gasteiger partial charge in [0.15, 0.2) is 0 Å². The molecule has 0 amide bonds. The highest BCUT2D eigenvalue weighted by molar-refractivity contribution is 7.13. The number of nitrogens with zero attached hydrogens (tertiary/aromatic N) is 3. The lowest BCUT2D eigenvalue weighted by Crippen LogP contribution is -2.24. The molecule has 88 valence electrons. The summed E-state index contributed by atoms with van der Waals surface area (Å²) < 4.78 is 2.09. The summed E-state index contributed by atoms with van der Waals surface area (Å²) in [5.41, 5.74) is 0. The molecule has 4 nitrogen and oxygen atoms in total. The predicted molar refractivity (Wildman–Crippen MR) is 68.6 cm³/mol. The van der Waals surface area contributed by atoms with Gasteiger partial charge in [-0.2, -0.15) is 5.26 Å². The number of nitriles is 1. The summed E-state index contributed by atoms with van der Waals surface area (Å²) in [5.74, 6) is 0.979. The Hall–Kier alpha value is -1.64. The summed E-state index contributed by atoms with van der Waals surface area (Å²) in [6.45, 7) is 0.798. The molecule has 0 fully saturated rings. The Morgan fingerprint density at radius 2 is 2.53 bits per heavy atom. The molecule has 0 saturated heterocycles. The first kappa shape index (κ1) is 11.8. The quantitative estimate of drug-likeness (QED) is 0.879. The highest BCUT2D eigenvalue weighted by Gasteiger charge is 2.09. The van der Waals surface area contributed by atoms with Crippen molar-refractivity contribution in [2.24, 2.45) is 0 Å². The minimum atomic E-state index is -0.103. The van der Waals surface area contributed by atoms with Gasteiger partial charge in [-0.3, -0.25) is 0 Å². The van der Waals surface area contributed by atoms with Crippen LogP contribution < -0.4 is 5.32 Å². The van der Waals surface area contributed by atoms with Crippen LogP contribution in [-0.4, -0.2) is 22.6 Å². The van der Waals surface area contributed by atoms with Gasteiger partial charge in [-0.05, 0) is 24.9 Å². The van der Waals surface area contributed by atoms with Gasteiger partial charge in [0, 0.05) is 18.9 Å². The number of thiophene rings is 1. The summed E-state index contributed by atoms with van der Waals surface area (Å²) in [7, 11) is 1.81. The fourth-order valence-electron chi connectivity index (χ4n) is 1.66. The molecule has 2 aromatic rings. The molecule has 2 heterocycles. The van der Waals surface area contributed by atoms with Gasteiger partial charge in [-0.1, -0.05) is 6.07 Å². The molecule has 0 aromatic carbocycles. The predicted octanol–water partition coefficient (Wildman–Crippen LogP) is 2.11. The van der Waals surface area contributed by atoms with Crippen LogP contribution in [0.1, 0.15) is 6.42 Å². The molecular weight excluding hydrogens is 232 g/mol. The normalized spacial score (nSPS) is 12.2. The third kappa shape index (κ3) is 2.73. The van der Waals surface area contributed by atoms with Gasteiger partial charge >= 0.3 is 0 Å². The van der Waals surface area contributed by atoms with Crippen LogP contribution in [0.2, 0.25) is 0 Å². The maximum absolute atomic E-state index is 8.87. The van der Waals surface area contributed by atoms with Crippen LogP contribution in [0.4, 0.5) is 0 Å². The molecule has 0 saturated carbocycles. The molecule has 0 bridgehead atoms. The molecule has 17 heavy (non-hydrogen) atoms. The minimum Gasteiger partial charge on any atom is -0.330 e. The molecule has 0 radical (unpaired) electrons. The monoisotopic (exact) mass is 246 g/mol. The zero-order chi connectivity index (χ0) is 12.1. The standard InChI is InChI=1S/C12H14N4S/c1-14-10(9-13)4-6-16-7-5-15-12(16)11-3-2-8-17-11/h2-3,5,7-8,10,14H,4,6H2,1H3. The van der Waals surface area contributed by atoms with Gasteiger partial charge in [-0.15, -0.1) is 11.3 Å². The van der Waals surface area contributed by atoms with E-state index in [0.717, 1.165) is 23.7 Å². The maximum atomic E-state index is 8.87. The average molecular weight is 246 g/mol. The van der Waals surface area contributed by atoms with Crippen LogP contribution in [0.15, 0.2) is 29.9 Å². The van der Waals surface area contributed by atoms with Crippen molar-refractivity contribution in [1.29, 1.82) is 5.26 Å². The number of hydrogen-bond acceptors (Lipinski definition) is 4. The topological polar surface area (TPSA) is 53.6 Å². The number of imidazole rings is 1. The maximum Gasteiger partial charge on any atom is 0.149 e. The van der Waals surface area contributed by atoms with Gasteiger partial charge in [0.1, 0.15) is 5.82 Å². The van der Waals surface area contributed by atoms with Crippen LogP contribution in [0.3, 0.4) is 0 Å². The van der Waals surface area contributed by atoms with Crippen molar-refractivity contribution in [3.63, 3.8) is 0 Å². The lowest BCUT2D eigenvalue weighted by molar-refractivity contribution is 0.555. The zero-order valence-electron chi connectivity index (χ0n) is 9.63. The van der Waals surface area contributed by atoms with Crippen molar-refractivity contribution < 1.29 is 0 Å². The van der Waals surface area contributed by atoms with Gasteiger partial charge in [0.2, 0.25) is 0 Å². The van der Waals surface area contributed by atoms with Gasteiger partial charge in [-0.25, -0.2) is 4.98 Å². The van der Waals surface area contributed by atoms with Crippen molar-refractivity contribution in [3.8, 4) is 16.8 Å². The van der Waals surface area contributed by atoms with Gasteiger partial charge in [0.25, 0.3) is 0 Å². The first-order chi connectivity index (χ1) is 8.35. The van der Waals surface area contributed by atoms with Crippen LogP contribution in [0.25, 0.3) is 10.7 Å². The van der Waals surface area contributed by atoms with Crippen molar-refractivity contribution in [3.05, 3.63) is 29.9 Å². The average Bonchev–Trinajstić information content (AvgIpc) is 3.00. The lowest BCUT2D eigenvalue weighted by Gasteiger charge is -2.09. The van der Waals surface area contributed by atoms with Crippen LogP contribution >= 0.6 is 11.3 Å². The zero-order valence-corrected chi connectivity index (χ0v) is 10.4. The minimum absolute atomic E-state index is 0.103. The second-order valence-electron chi connectivity index (χ2n) is 3.68. The molecule has 0 spiro atoms. The highest BCUT2D eigenvalue weighted by Crippen LogP contribution is 2.23. The number of nitrogens with one attached hydrogen (secondary N) is 1. The Balaban J connectivity index is 2.08. The summed E-state index contributed by atoms with van der Waals surface area (Å²) in [5, 5.41) is 13.9. The molecule has 2 rings (SSSR count). The molecular formula is C12H14N4S. The van der Waals surface area contributed by atoms with E-state index in [-0.39, 0.29) is 6.04 Å². The van der Waals surface area contributed by atoms with Gasteiger partial charge in [0.05, 0.1) is 17.0 Å². The van der Waals surface area contributed by atoms with Crippen molar-refractivity contribution >= 4 is 11.3 Å². The van der Waals surface area contributed by atoms with Crippen molar-refractivity contribution in [1.82, 2.24) is 14.9 Å². The van der Waals surface area contributed by atoms with Crippen molar-refractivity contribution in [2.45, 2.75) is 19.0 Å². The Labute approximate surface area is 105 Å². The van der Waals surface area contributed by atoms with Crippen LogP contribution in [0.5, 0.6) is 0 Å². The number of aryl methyl sites for hydroxylation is 1. The molecule has 0 aliphatic carbocycles. The first-order valence-electron chi connectivity index (χ1n) is 5.47. The van der Waals surface area contributed by atoms with E-state index in [1.807, 2.05) is 24.7 Å². The fourth-order valence-corrected chi connectivity index (χ4v) is 2.40. The Kier molecular flexibility index (Phi) is 3.91. The van der Waals surface area contributed by atoms with E-state index in [0.29, 0.717) is 0 Å². The van der Waals surface area contributed by atoms with E-state index in [9.17, 15) is 0 Å². The van der Waals surface area contributed by atoms with E-state index in [4.69, 9.17) is 5.26 Å². The Bertz CT molecular complexity index is 495. The van der Waals surface area contributed by atoms with E-state index in [2.05, 4.69) is 27.0 Å². The van der Waals surface area contributed by atoms with Gasteiger partial charge < -0.3 is 9.88 Å². The molecule has 1 atom stereocenters. The second-order valence-corrected chi connectivity index (χ2v) is 4.63. The van der Waals surface area contributed by atoms with Crippen LogP contribution in [0, 0.1) is 11.3 Å². The van der Waals surface area contributed by atoms with E-state index in [1.54, 1.807) is 17.5 Å². The first-order valence-corrected chi connectivity index (χ1v) is 6.35. The summed E-state index contributed by atoms with van der Waals surface area (Å²) >= 11 is 1.68. The van der Waals surface area contributed by atoms with E-state index < -0.39 is 0 Å². The largest absolute Gasteiger partial charge is 0.330 e. The van der Waals surface area contributed by atoms with E-state index in [1.165, 1.54) is 0 Å². The van der Waals surface area contributed by atoms with Crippen molar-refractivity contribution in [2.75, 3.05) is 7.05 Å². The SMILES string of the molecule is CNC(C#N)CCn1ccnc1-c1cccs1. The molecule has 0 aliphatic heterocycles. The highest BCUT2D eigenvalue weighted by atomic mass is 32.1. The smallest absolute Gasteiger partial charge is 0.149 e. The number of aromatic nitrogens is 2. The fraction of sp³-hybridized carbons (Fsp3) is 0.333. The number of hydrogen-bond donors (Lipinski definition) is 1. The third-order valence-electron chi connectivity index (χ3n) is 2.62. The summed E-state index contributed by atoms with van der Waals surface area (Å²) in [4.78, 5) is 5.52. The molecule has 1 N–H and O–H groups in total. The second kappa shape index (κ2) is 5.62. The van der Waals surface area contributed by atoms with Crippen LogP contribution in [-0.2, 0) is 6.54 Å². The lowest BCUT2D eigenvalue weighted by atomic mass is 10.2. The summed E-state index contributed by atoms with van der Waals surface area (Å²) in [6, 6.07) is 6.20. The summed E-state index contributed by atoms with van der Waals surface area (Å²) in [6.07, 6.45) is 4.54. The molecule has 2 aromatic heterocycles. The molecule has 0 aliphatic rings. The van der Waals surface area contributed by atoms with E-state index >= 15 is 0 Å².